The minimum atomic E-state index is -3.74. The van der Waals surface area contributed by atoms with Crippen molar-refractivity contribution >= 4 is 27.9 Å². The zero-order chi connectivity index (χ0) is 10.7. The van der Waals surface area contributed by atoms with Crippen molar-refractivity contribution in [3.63, 3.8) is 0 Å². The molecule has 0 unspecified atom stereocenters. The van der Waals surface area contributed by atoms with E-state index in [1.54, 1.807) is 0 Å². The molecule has 13 heavy (non-hydrogen) atoms. The average molecular weight is 277 g/mol. The van der Waals surface area contributed by atoms with Gasteiger partial charge in [0.2, 0.25) is 0 Å². The van der Waals surface area contributed by atoms with Crippen LogP contribution in [0.25, 0.3) is 0 Å². The molecule has 0 atom stereocenters. The van der Waals surface area contributed by atoms with Gasteiger partial charge in [0, 0.05) is 0 Å². The van der Waals surface area contributed by atoms with Gasteiger partial charge in [-0.25, -0.2) is 0 Å². The number of hydrogen-bond acceptors (Lipinski definition) is 0. The predicted molar refractivity (Wildman–Crippen MR) is 60.7 cm³/mol. The van der Waals surface area contributed by atoms with Gasteiger partial charge in [0.1, 0.15) is 0 Å². The number of benzene rings is 2. The first kappa shape index (κ1) is 6.66. The summed E-state index contributed by atoms with van der Waals surface area (Å²) in [6.07, 6.45) is 0. The van der Waals surface area contributed by atoms with Gasteiger partial charge < -0.3 is 0 Å². The van der Waals surface area contributed by atoms with E-state index in [9.17, 15) is 0 Å². The van der Waals surface area contributed by atoms with Crippen LogP contribution in [0.3, 0.4) is 0 Å². The standard InChI is InChI=1S/2C6H5.Sn.2H/c2*1-2-4-6-5-3-1;;;/h2*1-5H;;;/i;;;2*1+1. The summed E-state index contributed by atoms with van der Waals surface area (Å²) in [4.78, 5) is 0. The van der Waals surface area contributed by atoms with E-state index in [2.05, 4.69) is 0 Å². The molecule has 0 heterocycles. The van der Waals surface area contributed by atoms with Gasteiger partial charge in [0.15, 0.2) is 0 Å². The maximum atomic E-state index is 8.28. The van der Waals surface area contributed by atoms with Crippen molar-refractivity contribution in [3.8, 4) is 0 Å². The minimum absolute atomic E-state index is 0.901. The van der Waals surface area contributed by atoms with Gasteiger partial charge >= 0.3 is 89.8 Å². The summed E-state index contributed by atoms with van der Waals surface area (Å²) < 4.78 is 18.4. The molecule has 0 aromatic heterocycles. The summed E-state index contributed by atoms with van der Waals surface area (Å²) in [6, 6.07) is 19.1. The SMILES string of the molecule is [2H][Sn]([2H])([c]1ccccc1)[c]1ccccc1. The molecule has 2 rings (SSSR count). The molecular formula is C12H12Sn. The quantitative estimate of drug-likeness (QED) is 0.712. The zero-order valence-electron chi connectivity index (χ0n) is 9.27. The molecule has 0 aliphatic carbocycles. The number of hydrogen-bond donors (Lipinski definition) is 0. The Morgan fingerprint density at radius 2 is 1.08 bits per heavy atom. The van der Waals surface area contributed by atoms with Gasteiger partial charge in [-0.05, 0) is 0 Å². The Hall–Kier alpha value is -0.761. The van der Waals surface area contributed by atoms with Crippen LogP contribution in [-0.4, -0.2) is 21.9 Å². The molecule has 0 saturated carbocycles. The second kappa shape index (κ2) is 4.47. The van der Waals surface area contributed by atoms with Crippen molar-refractivity contribution in [2.24, 2.45) is 0 Å². The van der Waals surface area contributed by atoms with E-state index in [0.717, 1.165) is 7.16 Å². The molecule has 0 aliphatic heterocycles. The Kier molecular flexibility index (Phi) is 2.29. The van der Waals surface area contributed by atoms with Gasteiger partial charge in [0.25, 0.3) is 0 Å². The van der Waals surface area contributed by atoms with Crippen molar-refractivity contribution in [2.75, 3.05) is 0 Å². The second-order valence-corrected chi connectivity index (χ2v) is 6.87. The molecule has 0 radical (unpaired) electrons. The molecular weight excluding hydrogens is 263 g/mol. The topological polar surface area (TPSA) is 0 Å². The average Bonchev–Trinajstić information content (AvgIpc) is 2.31. The van der Waals surface area contributed by atoms with E-state index >= 15 is 0 Å². The third-order valence-corrected chi connectivity index (χ3v) is 5.39. The fourth-order valence-electron chi connectivity index (χ4n) is 1.21. The summed E-state index contributed by atoms with van der Waals surface area (Å²) in [5.74, 6) is 0. The molecule has 0 spiro atoms. The van der Waals surface area contributed by atoms with Crippen LogP contribution >= 0.6 is 0 Å². The van der Waals surface area contributed by atoms with Crippen molar-refractivity contribution < 1.29 is 0 Å². The Labute approximate surface area is 89.7 Å². The molecule has 2 aromatic carbocycles. The van der Waals surface area contributed by atoms with Crippen molar-refractivity contribution in [1.82, 2.24) is 0 Å². The third-order valence-electron chi connectivity index (χ3n) is 1.84. The molecule has 0 nitrogen and oxygen atoms in total. The molecule has 0 fully saturated rings. The molecule has 0 bridgehead atoms. The van der Waals surface area contributed by atoms with Crippen LogP contribution in [-0.2, 0) is 0 Å². The second-order valence-electron chi connectivity index (χ2n) is 2.86. The normalized spacial score (nSPS) is 13.2. The van der Waals surface area contributed by atoms with E-state index in [1.807, 2.05) is 60.7 Å². The molecule has 0 saturated heterocycles. The monoisotopic (exact) mass is 278 g/mol. The first-order chi connectivity index (χ1) is 7.21. The van der Waals surface area contributed by atoms with E-state index in [0.29, 0.717) is 0 Å². The van der Waals surface area contributed by atoms with Crippen LogP contribution in [0.2, 0.25) is 0 Å². The molecule has 0 amide bonds. The first-order valence-corrected chi connectivity index (χ1v) is 7.18. The summed E-state index contributed by atoms with van der Waals surface area (Å²) in [5, 5.41) is 0. The van der Waals surface area contributed by atoms with Gasteiger partial charge in [-0.15, -0.1) is 0 Å². The fraction of sp³-hybridized carbons (Fsp3) is 0. The van der Waals surface area contributed by atoms with Crippen LogP contribution in [0.15, 0.2) is 60.7 Å². The summed E-state index contributed by atoms with van der Waals surface area (Å²) in [6.45, 7) is 0. The molecule has 1 heteroatoms. The van der Waals surface area contributed by atoms with Gasteiger partial charge in [0.05, 0.1) is 0 Å². The van der Waals surface area contributed by atoms with Gasteiger partial charge in [-0.3, -0.25) is 0 Å². The fourth-order valence-corrected chi connectivity index (χ4v) is 4.21. The molecule has 0 N–H and O–H groups in total. The van der Waals surface area contributed by atoms with Crippen molar-refractivity contribution in [3.05, 3.63) is 60.7 Å². The van der Waals surface area contributed by atoms with E-state index < -0.39 is 20.7 Å². The van der Waals surface area contributed by atoms with Crippen LogP contribution < -0.4 is 7.16 Å². The van der Waals surface area contributed by atoms with E-state index in [4.69, 9.17) is 1.20 Å². The molecule has 64 valence electrons. The third kappa shape index (κ3) is 2.59. The van der Waals surface area contributed by atoms with Crippen molar-refractivity contribution in [1.29, 1.82) is 1.20 Å². The van der Waals surface area contributed by atoms with Crippen LogP contribution in [0.1, 0.15) is 0 Å². The zero-order valence-corrected chi connectivity index (χ0v) is 10.1. The van der Waals surface area contributed by atoms with Crippen LogP contribution in [0.5, 0.6) is 0 Å². The van der Waals surface area contributed by atoms with Crippen LogP contribution in [0.4, 0.5) is 0 Å². The van der Waals surface area contributed by atoms with Crippen molar-refractivity contribution in [2.45, 2.75) is 0 Å². The summed E-state index contributed by atoms with van der Waals surface area (Å²) >= 11 is -3.74. The van der Waals surface area contributed by atoms with Crippen LogP contribution in [0, 0.1) is 0 Å². The predicted octanol–water partition coefficient (Wildman–Crippen LogP) is 0.806. The number of rotatable bonds is 2. The summed E-state index contributed by atoms with van der Waals surface area (Å²) in [7, 11) is 0. The first-order valence-electron chi connectivity index (χ1n) is 5.32. The Morgan fingerprint density at radius 1 is 0.692 bits per heavy atom. The Morgan fingerprint density at radius 3 is 1.46 bits per heavy atom. The Balaban J connectivity index is 2.44. The molecule has 2 aromatic rings. The molecule has 0 aliphatic rings. The van der Waals surface area contributed by atoms with E-state index in [1.165, 1.54) is 0 Å². The van der Waals surface area contributed by atoms with Gasteiger partial charge in [-0.2, -0.15) is 0 Å². The summed E-state index contributed by atoms with van der Waals surface area (Å²) in [5.41, 5.74) is 0. The van der Waals surface area contributed by atoms with E-state index in [-0.39, 0.29) is 0 Å². The Bertz CT molecular complexity index is 384. The maximum absolute atomic E-state index is 8.28. The van der Waals surface area contributed by atoms with Gasteiger partial charge in [-0.1, -0.05) is 0 Å².